The van der Waals surface area contributed by atoms with E-state index in [1.54, 1.807) is 0 Å². The summed E-state index contributed by atoms with van der Waals surface area (Å²) in [5, 5.41) is 0. The SMILES string of the molecule is CC[P+](CC)(CC)CC.CC[P+](CC)(CC)CC.CC[P+](CC)(CC)CC.[Br-].[Br-].[Br-]. The van der Waals surface area contributed by atoms with Crippen LogP contribution in [-0.2, 0) is 0 Å². The van der Waals surface area contributed by atoms with Crippen LogP contribution in [0.4, 0.5) is 0 Å². The Morgan fingerprint density at radius 1 is 0.233 bits per heavy atom. The van der Waals surface area contributed by atoms with Gasteiger partial charge in [-0.15, -0.1) is 0 Å². The van der Waals surface area contributed by atoms with Crippen molar-refractivity contribution < 1.29 is 50.9 Å². The second-order valence-electron chi connectivity index (χ2n) is 7.82. The van der Waals surface area contributed by atoms with Crippen LogP contribution in [0.5, 0.6) is 0 Å². The van der Waals surface area contributed by atoms with E-state index >= 15 is 0 Å². The van der Waals surface area contributed by atoms with Crippen LogP contribution in [0.15, 0.2) is 0 Å². The zero-order valence-electron chi connectivity index (χ0n) is 23.0. The van der Waals surface area contributed by atoms with Gasteiger partial charge in [0.1, 0.15) is 0 Å². The third kappa shape index (κ3) is 18.1. The van der Waals surface area contributed by atoms with Gasteiger partial charge in [0.25, 0.3) is 0 Å². The molecule has 0 rings (SSSR count). The maximum Gasteiger partial charge on any atom is 0.0565 e. The van der Waals surface area contributed by atoms with E-state index in [1.807, 2.05) is 0 Å². The molecule has 0 unspecified atom stereocenters. The van der Waals surface area contributed by atoms with E-state index in [4.69, 9.17) is 0 Å². The Labute approximate surface area is 228 Å². The van der Waals surface area contributed by atoms with E-state index in [0.29, 0.717) is 0 Å². The van der Waals surface area contributed by atoms with Crippen LogP contribution in [-0.4, -0.2) is 73.9 Å². The molecular formula is C24H60Br3P3. The van der Waals surface area contributed by atoms with Crippen molar-refractivity contribution in [2.24, 2.45) is 0 Å². The molecule has 0 aliphatic carbocycles. The Hall–Kier alpha value is 2.73. The summed E-state index contributed by atoms with van der Waals surface area (Å²) in [6, 6.07) is 0. The molecule has 30 heavy (non-hydrogen) atoms. The summed E-state index contributed by atoms with van der Waals surface area (Å²) in [5.74, 6) is 0. The summed E-state index contributed by atoms with van der Waals surface area (Å²) in [4.78, 5) is 0. The largest absolute Gasteiger partial charge is 1.00 e. The number of hydrogen-bond acceptors (Lipinski definition) is 0. The first-order valence-electron chi connectivity index (χ1n) is 12.3. The normalized spacial score (nSPS) is 10.8. The molecule has 0 heterocycles. The lowest BCUT2D eigenvalue weighted by Crippen LogP contribution is -3.00. The monoisotopic (exact) mass is 678 g/mol. The van der Waals surface area contributed by atoms with Crippen molar-refractivity contribution in [2.75, 3.05) is 73.9 Å². The van der Waals surface area contributed by atoms with Gasteiger partial charge in [0.05, 0.1) is 73.9 Å². The molecule has 0 atom stereocenters. The van der Waals surface area contributed by atoms with Crippen molar-refractivity contribution in [3.63, 3.8) is 0 Å². The molecule has 192 valence electrons. The van der Waals surface area contributed by atoms with Crippen LogP contribution in [0.2, 0.25) is 0 Å². The lowest BCUT2D eigenvalue weighted by molar-refractivity contribution is -0.001000. The Morgan fingerprint density at radius 3 is 0.300 bits per heavy atom. The molecule has 0 spiro atoms. The van der Waals surface area contributed by atoms with Crippen LogP contribution in [0.25, 0.3) is 0 Å². The highest BCUT2D eigenvalue weighted by Gasteiger charge is 2.28. The van der Waals surface area contributed by atoms with E-state index in [-0.39, 0.29) is 50.9 Å². The molecule has 0 saturated heterocycles. The van der Waals surface area contributed by atoms with Crippen molar-refractivity contribution in [1.82, 2.24) is 0 Å². The Kier molecular flexibility index (Phi) is 43.0. The van der Waals surface area contributed by atoms with Gasteiger partial charge in [0, 0.05) is 21.8 Å². The van der Waals surface area contributed by atoms with E-state index < -0.39 is 21.8 Å². The van der Waals surface area contributed by atoms with Crippen LogP contribution in [0.1, 0.15) is 83.1 Å². The first kappa shape index (κ1) is 46.1. The van der Waals surface area contributed by atoms with Gasteiger partial charge < -0.3 is 50.9 Å². The van der Waals surface area contributed by atoms with E-state index in [1.165, 1.54) is 73.9 Å². The molecule has 0 aromatic rings. The minimum atomic E-state index is -0.420. The Balaban J connectivity index is -0.0000000686. The summed E-state index contributed by atoms with van der Waals surface area (Å²) >= 11 is 0. The van der Waals surface area contributed by atoms with E-state index in [2.05, 4.69) is 83.1 Å². The highest BCUT2D eigenvalue weighted by molar-refractivity contribution is 7.76. The molecule has 6 heteroatoms. The molecule has 0 fully saturated rings. The molecular weight excluding hydrogens is 621 g/mol. The minimum absolute atomic E-state index is 0. The average molecular weight is 681 g/mol. The minimum Gasteiger partial charge on any atom is -1.00 e. The molecule has 0 nitrogen and oxygen atoms in total. The fraction of sp³-hybridized carbons (Fsp3) is 1.00. The first-order valence-corrected chi connectivity index (χ1v) is 19.9. The summed E-state index contributed by atoms with van der Waals surface area (Å²) in [6.45, 7) is 28.2. The quantitative estimate of drug-likeness (QED) is 0.260. The highest BCUT2D eigenvalue weighted by atomic mass is 79.9. The maximum atomic E-state index is 2.35. The highest BCUT2D eigenvalue weighted by Crippen LogP contribution is 2.58. The zero-order chi connectivity index (χ0) is 22.0. The molecule has 0 N–H and O–H groups in total. The van der Waals surface area contributed by atoms with Crippen molar-refractivity contribution in [2.45, 2.75) is 83.1 Å². The number of rotatable bonds is 12. The van der Waals surface area contributed by atoms with Gasteiger partial charge in [-0.25, -0.2) is 0 Å². The second kappa shape index (κ2) is 28.0. The van der Waals surface area contributed by atoms with Crippen molar-refractivity contribution in [3.8, 4) is 0 Å². The van der Waals surface area contributed by atoms with E-state index in [9.17, 15) is 0 Å². The predicted octanol–water partition coefficient (Wildman–Crippen LogP) is 0.263. The zero-order valence-corrected chi connectivity index (χ0v) is 30.4. The van der Waals surface area contributed by atoms with Crippen molar-refractivity contribution in [1.29, 1.82) is 0 Å². The van der Waals surface area contributed by atoms with Crippen LogP contribution >= 0.6 is 21.8 Å². The lowest BCUT2D eigenvalue weighted by atomic mass is 10.9. The third-order valence-corrected chi connectivity index (χ3v) is 24.1. The third-order valence-electron chi connectivity index (χ3n) is 8.05. The van der Waals surface area contributed by atoms with Gasteiger partial charge >= 0.3 is 0 Å². The predicted molar refractivity (Wildman–Crippen MR) is 147 cm³/mol. The molecule has 0 aliphatic heterocycles. The molecule has 0 aliphatic rings. The number of hydrogen-bond donors (Lipinski definition) is 0. The molecule has 0 bridgehead atoms. The summed E-state index contributed by atoms with van der Waals surface area (Å²) < 4.78 is 0. The molecule has 0 aromatic heterocycles. The average Bonchev–Trinajstić information content (AvgIpc) is 2.75. The lowest BCUT2D eigenvalue weighted by Gasteiger charge is -2.20. The molecule has 0 radical (unpaired) electrons. The summed E-state index contributed by atoms with van der Waals surface area (Å²) in [7, 11) is -1.26. The molecule has 0 amide bonds. The van der Waals surface area contributed by atoms with E-state index in [0.717, 1.165) is 0 Å². The van der Waals surface area contributed by atoms with Gasteiger partial charge in [-0.2, -0.15) is 0 Å². The van der Waals surface area contributed by atoms with Crippen molar-refractivity contribution >= 4 is 21.8 Å². The Bertz CT molecular complexity index is 204. The molecule has 0 aromatic carbocycles. The van der Waals surface area contributed by atoms with Gasteiger partial charge in [-0.1, -0.05) is 0 Å². The van der Waals surface area contributed by atoms with Gasteiger partial charge in [0.2, 0.25) is 0 Å². The summed E-state index contributed by atoms with van der Waals surface area (Å²) in [6.07, 6.45) is 17.5. The van der Waals surface area contributed by atoms with Crippen molar-refractivity contribution in [3.05, 3.63) is 0 Å². The fourth-order valence-electron chi connectivity index (χ4n) is 4.02. The van der Waals surface area contributed by atoms with Crippen LogP contribution in [0.3, 0.4) is 0 Å². The smallest absolute Gasteiger partial charge is 0.0565 e. The van der Waals surface area contributed by atoms with Crippen LogP contribution in [0, 0.1) is 0 Å². The maximum absolute atomic E-state index is 2.35. The second-order valence-corrected chi connectivity index (χ2v) is 23.5. The standard InChI is InChI=1S/3C8H20P.3BrH/c3*1-5-9(6-2,7-3)8-4;;;/h3*5-8H2,1-4H3;3*1H/q3*+1;;;/p-3. The molecule has 0 saturated carbocycles. The fourth-order valence-corrected chi connectivity index (χ4v) is 12.1. The first-order chi connectivity index (χ1) is 12.7. The Morgan fingerprint density at radius 2 is 0.300 bits per heavy atom. The van der Waals surface area contributed by atoms with Gasteiger partial charge in [-0.05, 0) is 83.1 Å². The van der Waals surface area contributed by atoms with Gasteiger partial charge in [0.15, 0.2) is 0 Å². The topological polar surface area (TPSA) is 0 Å². The number of halogens is 3. The van der Waals surface area contributed by atoms with Crippen LogP contribution < -0.4 is 50.9 Å². The van der Waals surface area contributed by atoms with Gasteiger partial charge in [-0.3, -0.25) is 0 Å². The summed E-state index contributed by atoms with van der Waals surface area (Å²) in [5.41, 5.74) is 0.